The van der Waals surface area contributed by atoms with Gasteiger partial charge in [0, 0.05) is 22.6 Å². The van der Waals surface area contributed by atoms with Crippen LogP contribution in [0.15, 0.2) is 53.9 Å². The predicted octanol–water partition coefficient (Wildman–Crippen LogP) is 5.87. The number of thiazole rings is 1. The molecule has 0 spiro atoms. The highest BCUT2D eigenvalue weighted by molar-refractivity contribution is 7.14. The van der Waals surface area contributed by atoms with Crippen molar-refractivity contribution in [1.82, 2.24) is 4.98 Å². The zero-order valence-electron chi connectivity index (χ0n) is 16.4. The van der Waals surface area contributed by atoms with E-state index in [-0.39, 0.29) is 5.91 Å². The summed E-state index contributed by atoms with van der Waals surface area (Å²) in [6, 6.07) is 13.9. The number of carbonyl (C=O) groups excluding carboxylic acids is 1. The molecule has 3 rings (SSSR count). The number of aryl methyl sites for hydroxylation is 2. The Bertz CT molecular complexity index is 992. The third-order valence-corrected chi connectivity index (χ3v) is 5.09. The van der Waals surface area contributed by atoms with Gasteiger partial charge in [0.05, 0.1) is 12.3 Å². The summed E-state index contributed by atoms with van der Waals surface area (Å²) in [5.41, 5.74) is 5.27. The van der Waals surface area contributed by atoms with Crippen molar-refractivity contribution in [3.8, 4) is 17.0 Å². The van der Waals surface area contributed by atoms with Crippen LogP contribution in [0.4, 0.5) is 5.13 Å². The molecule has 3 aromatic rings. The normalized spacial score (nSPS) is 11.0. The van der Waals surface area contributed by atoms with Crippen LogP contribution in [-0.4, -0.2) is 17.5 Å². The zero-order valence-corrected chi connectivity index (χ0v) is 17.2. The second-order valence-electron chi connectivity index (χ2n) is 6.55. The molecule has 0 saturated heterocycles. The van der Waals surface area contributed by atoms with Gasteiger partial charge in [-0.05, 0) is 49.6 Å². The minimum absolute atomic E-state index is 0.216. The van der Waals surface area contributed by atoms with Gasteiger partial charge < -0.3 is 4.74 Å². The van der Waals surface area contributed by atoms with Crippen LogP contribution >= 0.6 is 11.3 Å². The second kappa shape index (κ2) is 9.33. The first kappa shape index (κ1) is 19.8. The first-order valence-corrected chi connectivity index (χ1v) is 10.2. The summed E-state index contributed by atoms with van der Waals surface area (Å²) in [5.74, 6) is 0.561. The lowest BCUT2D eigenvalue weighted by Gasteiger charge is -2.07. The highest BCUT2D eigenvalue weighted by Crippen LogP contribution is 2.26. The average molecular weight is 393 g/mol. The van der Waals surface area contributed by atoms with Gasteiger partial charge in [-0.3, -0.25) is 10.1 Å². The largest absolute Gasteiger partial charge is 0.493 e. The van der Waals surface area contributed by atoms with Crippen LogP contribution < -0.4 is 10.1 Å². The van der Waals surface area contributed by atoms with Crippen molar-refractivity contribution < 1.29 is 9.53 Å². The van der Waals surface area contributed by atoms with Crippen molar-refractivity contribution in [3.05, 3.63) is 70.6 Å². The molecule has 1 heterocycles. The molecule has 0 aliphatic rings. The van der Waals surface area contributed by atoms with Crippen LogP contribution in [0.25, 0.3) is 17.3 Å². The van der Waals surface area contributed by atoms with E-state index in [1.54, 1.807) is 6.08 Å². The number of hydrogen-bond acceptors (Lipinski definition) is 4. The fourth-order valence-electron chi connectivity index (χ4n) is 2.64. The Kier molecular flexibility index (Phi) is 6.61. The minimum Gasteiger partial charge on any atom is -0.493 e. The van der Waals surface area contributed by atoms with Crippen LogP contribution in [0, 0.1) is 13.8 Å². The summed E-state index contributed by atoms with van der Waals surface area (Å²) in [5, 5.41) is 5.37. The van der Waals surface area contributed by atoms with Crippen LogP contribution in [0.1, 0.15) is 30.0 Å². The van der Waals surface area contributed by atoms with Gasteiger partial charge in [0.25, 0.3) is 0 Å². The van der Waals surface area contributed by atoms with E-state index < -0.39 is 0 Å². The van der Waals surface area contributed by atoms with Gasteiger partial charge >= 0.3 is 0 Å². The molecule has 4 nitrogen and oxygen atoms in total. The van der Waals surface area contributed by atoms with Crippen molar-refractivity contribution >= 4 is 28.5 Å². The first-order valence-electron chi connectivity index (χ1n) is 9.31. The third kappa shape index (κ3) is 5.08. The number of ether oxygens (including phenoxy) is 1. The van der Waals surface area contributed by atoms with Crippen LogP contribution in [0.2, 0.25) is 0 Å². The van der Waals surface area contributed by atoms with Gasteiger partial charge in [0.2, 0.25) is 5.91 Å². The second-order valence-corrected chi connectivity index (χ2v) is 7.40. The molecule has 0 aliphatic heterocycles. The minimum atomic E-state index is -0.216. The van der Waals surface area contributed by atoms with E-state index in [0.717, 1.165) is 29.0 Å². The fraction of sp³-hybridized carbons (Fsp3) is 0.217. The van der Waals surface area contributed by atoms with E-state index in [1.165, 1.54) is 28.5 Å². The number of para-hydroxylation sites is 1. The fourth-order valence-corrected chi connectivity index (χ4v) is 3.36. The smallest absolute Gasteiger partial charge is 0.250 e. The third-order valence-electron chi connectivity index (χ3n) is 4.33. The van der Waals surface area contributed by atoms with Crippen molar-refractivity contribution in [2.75, 3.05) is 11.9 Å². The Morgan fingerprint density at radius 2 is 2.00 bits per heavy atom. The standard InChI is InChI=1S/C23H24N2O2S/c1-4-13-27-21-8-6-5-7-18(21)11-12-22(26)25-23-24-20(15-28-23)19-10-9-16(2)17(3)14-19/h5-12,14-15H,4,13H2,1-3H3,(H,24,25,26). The number of carbonyl (C=O) groups is 1. The van der Waals surface area contributed by atoms with E-state index in [9.17, 15) is 4.79 Å². The summed E-state index contributed by atoms with van der Waals surface area (Å²) in [4.78, 5) is 16.8. The molecule has 0 bridgehead atoms. The van der Waals surface area contributed by atoms with E-state index in [2.05, 4.69) is 49.3 Å². The SMILES string of the molecule is CCCOc1ccccc1C=CC(=O)Nc1nc(-c2ccc(C)c(C)c2)cs1. The number of anilines is 1. The average Bonchev–Trinajstić information content (AvgIpc) is 3.16. The Morgan fingerprint density at radius 1 is 1.18 bits per heavy atom. The van der Waals surface area contributed by atoms with Crippen LogP contribution in [-0.2, 0) is 4.79 Å². The zero-order chi connectivity index (χ0) is 19.9. The molecule has 0 radical (unpaired) electrons. The Labute approximate surface area is 169 Å². The molecule has 1 aromatic heterocycles. The molecular formula is C23H24N2O2S. The van der Waals surface area contributed by atoms with Gasteiger partial charge in [0.1, 0.15) is 5.75 Å². The van der Waals surface area contributed by atoms with E-state index >= 15 is 0 Å². The molecule has 5 heteroatoms. The summed E-state index contributed by atoms with van der Waals surface area (Å²) < 4.78 is 5.71. The lowest BCUT2D eigenvalue weighted by atomic mass is 10.1. The number of amides is 1. The van der Waals surface area contributed by atoms with Gasteiger partial charge in [0.15, 0.2) is 5.13 Å². The number of benzene rings is 2. The van der Waals surface area contributed by atoms with Gasteiger partial charge in [-0.1, -0.05) is 37.3 Å². The molecule has 0 aliphatic carbocycles. The highest BCUT2D eigenvalue weighted by Gasteiger charge is 2.08. The van der Waals surface area contributed by atoms with E-state index in [1.807, 2.05) is 29.6 Å². The first-order chi connectivity index (χ1) is 13.6. The molecular weight excluding hydrogens is 368 g/mol. The molecule has 0 saturated carbocycles. The Morgan fingerprint density at radius 3 is 2.79 bits per heavy atom. The number of aromatic nitrogens is 1. The lowest BCUT2D eigenvalue weighted by molar-refractivity contribution is -0.111. The predicted molar refractivity (Wildman–Crippen MR) is 117 cm³/mol. The van der Waals surface area contributed by atoms with Gasteiger partial charge in [-0.15, -0.1) is 11.3 Å². The maximum atomic E-state index is 12.3. The number of hydrogen-bond donors (Lipinski definition) is 1. The summed E-state index contributed by atoms with van der Waals surface area (Å²) in [6.45, 7) is 6.88. The Balaban J connectivity index is 1.67. The van der Waals surface area contributed by atoms with Crippen molar-refractivity contribution in [1.29, 1.82) is 0 Å². The molecule has 1 amide bonds. The van der Waals surface area contributed by atoms with E-state index in [4.69, 9.17) is 4.74 Å². The highest BCUT2D eigenvalue weighted by atomic mass is 32.1. The van der Waals surface area contributed by atoms with Gasteiger partial charge in [-0.2, -0.15) is 0 Å². The molecule has 0 atom stereocenters. The van der Waals surface area contributed by atoms with Crippen molar-refractivity contribution in [2.24, 2.45) is 0 Å². The maximum Gasteiger partial charge on any atom is 0.250 e. The van der Waals surface area contributed by atoms with E-state index in [0.29, 0.717) is 11.7 Å². The number of nitrogens with zero attached hydrogens (tertiary/aromatic N) is 1. The van der Waals surface area contributed by atoms with Crippen molar-refractivity contribution in [3.63, 3.8) is 0 Å². The summed E-state index contributed by atoms with van der Waals surface area (Å²) >= 11 is 1.42. The van der Waals surface area contributed by atoms with Crippen LogP contribution in [0.3, 0.4) is 0 Å². The summed E-state index contributed by atoms with van der Waals surface area (Å²) in [6.07, 6.45) is 4.20. The number of rotatable bonds is 7. The van der Waals surface area contributed by atoms with Crippen molar-refractivity contribution in [2.45, 2.75) is 27.2 Å². The molecule has 28 heavy (non-hydrogen) atoms. The quantitative estimate of drug-likeness (QED) is 0.512. The summed E-state index contributed by atoms with van der Waals surface area (Å²) in [7, 11) is 0. The maximum absolute atomic E-state index is 12.3. The van der Waals surface area contributed by atoms with Crippen LogP contribution in [0.5, 0.6) is 5.75 Å². The Hall–Kier alpha value is -2.92. The monoisotopic (exact) mass is 392 g/mol. The van der Waals surface area contributed by atoms with Gasteiger partial charge in [-0.25, -0.2) is 4.98 Å². The topological polar surface area (TPSA) is 51.2 Å². The molecule has 144 valence electrons. The lowest BCUT2D eigenvalue weighted by Crippen LogP contribution is -2.07. The molecule has 2 aromatic carbocycles. The molecule has 0 fully saturated rings. The molecule has 1 N–H and O–H groups in total. The molecule has 0 unspecified atom stereocenters. The number of nitrogens with one attached hydrogen (secondary N) is 1.